The number of rotatable bonds is 2. The topological polar surface area (TPSA) is 75.7 Å². The van der Waals surface area contributed by atoms with Gasteiger partial charge < -0.3 is 10.1 Å². The lowest BCUT2D eigenvalue weighted by Gasteiger charge is -2.34. The van der Waals surface area contributed by atoms with Crippen LogP contribution in [0, 0.1) is 5.82 Å². The summed E-state index contributed by atoms with van der Waals surface area (Å²) in [7, 11) is -3.98. The van der Waals surface area contributed by atoms with Gasteiger partial charge in [-0.15, -0.1) is 0 Å². The van der Waals surface area contributed by atoms with Crippen LogP contribution >= 0.6 is 0 Å². The minimum absolute atomic E-state index is 0.00221. The zero-order chi connectivity index (χ0) is 18.5. The van der Waals surface area contributed by atoms with Crippen molar-refractivity contribution in [1.82, 2.24) is 5.32 Å². The SMILES string of the molecule is CC1CN(S(=O)(=O)c2ccc3c(c2)C(=O)NCC3)c2cccc(F)c2O1. The number of hydrogen-bond donors (Lipinski definition) is 1. The molecule has 0 bridgehead atoms. The van der Waals surface area contributed by atoms with E-state index >= 15 is 0 Å². The molecule has 0 spiro atoms. The van der Waals surface area contributed by atoms with E-state index in [1.807, 2.05) is 0 Å². The predicted octanol–water partition coefficient (Wildman–Crippen LogP) is 2.09. The Morgan fingerprint density at radius 2 is 2.08 bits per heavy atom. The van der Waals surface area contributed by atoms with Crippen LogP contribution in [-0.2, 0) is 16.4 Å². The number of para-hydroxylation sites is 1. The molecule has 4 rings (SSSR count). The summed E-state index contributed by atoms with van der Waals surface area (Å²) < 4.78 is 47.1. The normalized spacial score (nSPS) is 19.2. The van der Waals surface area contributed by atoms with E-state index in [1.54, 1.807) is 13.0 Å². The Morgan fingerprint density at radius 1 is 1.27 bits per heavy atom. The number of benzene rings is 2. The van der Waals surface area contributed by atoms with Gasteiger partial charge in [0.05, 0.1) is 17.1 Å². The summed E-state index contributed by atoms with van der Waals surface area (Å²) in [5.41, 5.74) is 1.33. The summed E-state index contributed by atoms with van der Waals surface area (Å²) in [6, 6.07) is 8.72. The van der Waals surface area contributed by atoms with Gasteiger partial charge in [-0.1, -0.05) is 12.1 Å². The molecule has 2 aromatic carbocycles. The minimum atomic E-state index is -3.98. The maximum Gasteiger partial charge on any atom is 0.264 e. The monoisotopic (exact) mass is 376 g/mol. The largest absolute Gasteiger partial charge is 0.484 e. The number of hydrogen-bond acceptors (Lipinski definition) is 4. The zero-order valence-corrected chi connectivity index (χ0v) is 14.8. The Hall–Kier alpha value is -2.61. The Kier molecular flexibility index (Phi) is 3.87. The molecule has 2 aliphatic heterocycles. The van der Waals surface area contributed by atoms with Gasteiger partial charge in [-0.25, -0.2) is 12.8 Å². The van der Waals surface area contributed by atoms with Crippen LogP contribution in [0.25, 0.3) is 0 Å². The van der Waals surface area contributed by atoms with Gasteiger partial charge in [-0.3, -0.25) is 9.10 Å². The first-order chi connectivity index (χ1) is 12.4. The molecule has 8 heteroatoms. The van der Waals surface area contributed by atoms with Crippen LogP contribution in [-0.4, -0.2) is 33.5 Å². The molecule has 0 radical (unpaired) electrons. The molecule has 0 aliphatic carbocycles. The van der Waals surface area contributed by atoms with Crippen LogP contribution < -0.4 is 14.4 Å². The second kappa shape index (κ2) is 5.98. The Morgan fingerprint density at radius 3 is 2.88 bits per heavy atom. The molecule has 2 heterocycles. The molecule has 1 unspecified atom stereocenters. The van der Waals surface area contributed by atoms with Crippen LogP contribution in [0.2, 0.25) is 0 Å². The Bertz CT molecular complexity index is 1010. The summed E-state index contributed by atoms with van der Waals surface area (Å²) in [6.07, 6.45) is 0.152. The summed E-state index contributed by atoms with van der Waals surface area (Å²) in [6.45, 7) is 2.27. The molecule has 0 saturated heterocycles. The van der Waals surface area contributed by atoms with Crippen LogP contribution in [0.3, 0.4) is 0 Å². The van der Waals surface area contributed by atoms with Crippen molar-refractivity contribution < 1.29 is 22.3 Å². The molecule has 6 nitrogen and oxygen atoms in total. The molecule has 0 fully saturated rings. The molecule has 0 saturated carbocycles. The van der Waals surface area contributed by atoms with Gasteiger partial charge in [0.2, 0.25) is 0 Å². The van der Waals surface area contributed by atoms with Crippen molar-refractivity contribution in [1.29, 1.82) is 0 Å². The fourth-order valence-electron chi connectivity index (χ4n) is 3.29. The van der Waals surface area contributed by atoms with E-state index < -0.39 is 21.9 Å². The number of ether oxygens (including phenoxy) is 1. The third kappa shape index (κ3) is 2.61. The lowest BCUT2D eigenvalue weighted by atomic mass is 10.0. The summed E-state index contributed by atoms with van der Waals surface area (Å²) in [5, 5.41) is 2.71. The first-order valence-corrected chi connectivity index (χ1v) is 9.71. The van der Waals surface area contributed by atoms with E-state index in [9.17, 15) is 17.6 Å². The standard InChI is InChI=1S/C18H17FN2O4S/c1-11-10-21(16-4-2-3-15(19)17(16)25-11)26(23,24)13-6-5-12-7-8-20-18(22)14(12)9-13/h2-6,9,11H,7-8,10H2,1H3,(H,20,22). The molecule has 1 N–H and O–H groups in total. The summed E-state index contributed by atoms with van der Waals surface area (Å²) in [4.78, 5) is 12.0. The second-order valence-corrected chi connectivity index (χ2v) is 8.24. The predicted molar refractivity (Wildman–Crippen MR) is 93.5 cm³/mol. The number of anilines is 1. The average Bonchev–Trinajstić information content (AvgIpc) is 2.62. The molecule has 2 aliphatic rings. The lowest BCUT2D eigenvalue weighted by Crippen LogP contribution is -2.42. The third-order valence-electron chi connectivity index (χ3n) is 4.55. The molecule has 1 atom stereocenters. The smallest absolute Gasteiger partial charge is 0.264 e. The number of nitrogens with one attached hydrogen (secondary N) is 1. The highest BCUT2D eigenvalue weighted by Gasteiger charge is 2.35. The van der Waals surface area contributed by atoms with Crippen LogP contribution in [0.1, 0.15) is 22.8 Å². The van der Waals surface area contributed by atoms with Gasteiger partial charge in [0.15, 0.2) is 11.6 Å². The van der Waals surface area contributed by atoms with Gasteiger partial charge >= 0.3 is 0 Å². The van der Waals surface area contributed by atoms with Crippen LogP contribution in [0.5, 0.6) is 5.75 Å². The van der Waals surface area contributed by atoms with Crippen molar-refractivity contribution in [3.05, 3.63) is 53.3 Å². The molecular weight excluding hydrogens is 359 g/mol. The van der Waals surface area contributed by atoms with Gasteiger partial charge in [0, 0.05) is 12.1 Å². The fraction of sp³-hybridized carbons (Fsp3) is 0.278. The highest BCUT2D eigenvalue weighted by molar-refractivity contribution is 7.92. The lowest BCUT2D eigenvalue weighted by molar-refractivity contribution is 0.0945. The van der Waals surface area contributed by atoms with E-state index in [4.69, 9.17) is 4.74 Å². The fourth-order valence-corrected chi connectivity index (χ4v) is 4.86. The van der Waals surface area contributed by atoms with E-state index in [-0.39, 0.29) is 28.8 Å². The quantitative estimate of drug-likeness (QED) is 0.871. The van der Waals surface area contributed by atoms with Crippen LogP contribution in [0.4, 0.5) is 10.1 Å². The van der Waals surface area contributed by atoms with Gasteiger partial charge in [-0.2, -0.15) is 0 Å². The number of fused-ring (bicyclic) bond motifs is 2. The third-order valence-corrected chi connectivity index (χ3v) is 6.33. The Balaban J connectivity index is 1.82. The molecule has 1 amide bonds. The van der Waals surface area contributed by atoms with Crippen molar-refractivity contribution in [3.8, 4) is 5.75 Å². The highest BCUT2D eigenvalue weighted by atomic mass is 32.2. The number of carbonyl (C=O) groups excluding carboxylic acids is 1. The average molecular weight is 376 g/mol. The van der Waals surface area contributed by atoms with Crippen LogP contribution in [0.15, 0.2) is 41.3 Å². The highest BCUT2D eigenvalue weighted by Crippen LogP contribution is 2.38. The van der Waals surface area contributed by atoms with E-state index in [1.165, 1.54) is 30.3 Å². The number of nitrogens with zero attached hydrogens (tertiary/aromatic N) is 1. The van der Waals surface area contributed by atoms with E-state index in [2.05, 4.69) is 5.32 Å². The maximum absolute atomic E-state index is 14.1. The van der Waals surface area contributed by atoms with Gasteiger partial charge in [0.25, 0.3) is 15.9 Å². The molecule has 26 heavy (non-hydrogen) atoms. The molecule has 0 aromatic heterocycles. The van der Waals surface area contributed by atoms with Crippen molar-refractivity contribution in [2.75, 3.05) is 17.4 Å². The number of halogens is 1. The first-order valence-electron chi connectivity index (χ1n) is 8.27. The molecular formula is C18H17FN2O4S. The maximum atomic E-state index is 14.1. The number of amides is 1. The summed E-state index contributed by atoms with van der Waals surface area (Å²) in [5.74, 6) is -0.977. The van der Waals surface area contributed by atoms with E-state index in [0.29, 0.717) is 18.5 Å². The van der Waals surface area contributed by atoms with Crippen molar-refractivity contribution in [2.24, 2.45) is 0 Å². The number of sulfonamides is 1. The summed E-state index contributed by atoms with van der Waals surface area (Å²) >= 11 is 0. The zero-order valence-electron chi connectivity index (χ0n) is 14.0. The van der Waals surface area contributed by atoms with Crippen molar-refractivity contribution >= 4 is 21.6 Å². The van der Waals surface area contributed by atoms with Crippen molar-refractivity contribution in [2.45, 2.75) is 24.3 Å². The number of carbonyl (C=O) groups is 1. The molecule has 136 valence electrons. The molecule has 2 aromatic rings. The van der Waals surface area contributed by atoms with Gasteiger partial charge in [0.1, 0.15) is 6.10 Å². The minimum Gasteiger partial charge on any atom is -0.484 e. The first kappa shape index (κ1) is 16.8. The van der Waals surface area contributed by atoms with Gasteiger partial charge in [-0.05, 0) is 43.2 Å². The van der Waals surface area contributed by atoms with Crippen molar-refractivity contribution in [3.63, 3.8) is 0 Å². The Labute approximate surface area is 150 Å². The van der Waals surface area contributed by atoms with E-state index in [0.717, 1.165) is 9.87 Å². The second-order valence-electron chi connectivity index (χ2n) is 6.38.